The van der Waals surface area contributed by atoms with Gasteiger partial charge in [0.15, 0.2) is 6.10 Å². The summed E-state index contributed by atoms with van der Waals surface area (Å²) in [4.78, 5) is 35.6. The maximum Gasteiger partial charge on any atom is 0.410 e. The Bertz CT molecular complexity index is 2240. The molecule has 2 aromatic heterocycles. The molecule has 0 saturated carbocycles. The molecule has 1 atom stereocenters. The Morgan fingerprint density at radius 2 is 1.71 bits per heavy atom. The molecule has 1 aliphatic rings. The second-order valence-electron chi connectivity index (χ2n) is 16.2. The number of thiazole rings is 1. The summed E-state index contributed by atoms with van der Waals surface area (Å²) in [7, 11) is 4.12. The van der Waals surface area contributed by atoms with Gasteiger partial charge in [0.2, 0.25) is 0 Å². The Morgan fingerprint density at radius 1 is 1.00 bits per heavy atom. The number of benzene rings is 3. The molecule has 12 heteroatoms. The van der Waals surface area contributed by atoms with Gasteiger partial charge in [-0.25, -0.2) is 14.6 Å². The number of hydrogen-bond acceptors (Lipinski definition) is 9. The van der Waals surface area contributed by atoms with Crippen LogP contribution in [0.1, 0.15) is 77.8 Å². The van der Waals surface area contributed by atoms with Gasteiger partial charge in [-0.05, 0) is 129 Å². The van der Waals surface area contributed by atoms with E-state index in [1.54, 1.807) is 23.2 Å². The van der Waals surface area contributed by atoms with Crippen molar-refractivity contribution in [2.75, 3.05) is 40.3 Å². The lowest BCUT2D eigenvalue weighted by Crippen LogP contribution is -2.39. The molecule has 292 valence electrons. The van der Waals surface area contributed by atoms with E-state index in [-0.39, 0.29) is 12.7 Å². The number of rotatable bonds is 10. The highest BCUT2D eigenvalue weighted by Crippen LogP contribution is 2.45. The number of likely N-dealkylation sites (N-methyl/N-ethyl adjacent to an activating group) is 1. The topological polar surface area (TPSA) is 99.0 Å². The number of fused-ring (bicyclic) bond motifs is 2. The maximum absolute atomic E-state index is 13.6. The van der Waals surface area contributed by atoms with Crippen molar-refractivity contribution in [1.82, 2.24) is 24.6 Å². The largest absolute Gasteiger partial charge is 0.464 e. The summed E-state index contributed by atoms with van der Waals surface area (Å²) >= 11 is 7.95. The van der Waals surface area contributed by atoms with E-state index in [2.05, 4.69) is 48.0 Å². The van der Waals surface area contributed by atoms with Gasteiger partial charge in [-0.2, -0.15) is 5.10 Å². The van der Waals surface area contributed by atoms with Crippen molar-refractivity contribution in [3.8, 4) is 21.7 Å². The van der Waals surface area contributed by atoms with Crippen molar-refractivity contribution in [1.29, 1.82) is 0 Å². The summed E-state index contributed by atoms with van der Waals surface area (Å²) in [6, 6.07) is 16.1. The Balaban J connectivity index is 1.49. The average Bonchev–Trinajstić information content (AvgIpc) is 3.70. The Morgan fingerprint density at radius 3 is 2.33 bits per heavy atom. The van der Waals surface area contributed by atoms with Crippen LogP contribution in [0.25, 0.3) is 48.4 Å². The molecule has 1 aliphatic heterocycles. The molecule has 0 radical (unpaired) electrons. The van der Waals surface area contributed by atoms with Crippen molar-refractivity contribution in [3.63, 3.8) is 0 Å². The molecule has 6 rings (SSSR count). The summed E-state index contributed by atoms with van der Waals surface area (Å²) in [5.74, 6) is -0.435. The number of halogens is 1. The van der Waals surface area contributed by atoms with Gasteiger partial charge in [0.05, 0.1) is 40.2 Å². The molecule has 3 heterocycles. The molecule has 3 aromatic carbocycles. The van der Waals surface area contributed by atoms with Crippen LogP contribution >= 0.6 is 22.9 Å². The van der Waals surface area contributed by atoms with Gasteiger partial charge in [-0.15, -0.1) is 11.3 Å². The summed E-state index contributed by atoms with van der Waals surface area (Å²) in [5, 5.41) is 7.65. The number of aryl methyl sites for hydroxylation is 1. The number of esters is 1. The Hall–Kier alpha value is -4.29. The van der Waals surface area contributed by atoms with E-state index in [9.17, 15) is 9.59 Å². The highest BCUT2D eigenvalue weighted by atomic mass is 35.5. The quantitative estimate of drug-likeness (QED) is 0.129. The van der Waals surface area contributed by atoms with E-state index in [1.807, 2.05) is 78.8 Å². The van der Waals surface area contributed by atoms with Crippen LogP contribution in [-0.2, 0) is 25.5 Å². The molecule has 0 unspecified atom stereocenters. The Kier molecular flexibility index (Phi) is 11.8. The van der Waals surface area contributed by atoms with Crippen molar-refractivity contribution in [2.45, 2.75) is 85.7 Å². The van der Waals surface area contributed by atoms with Gasteiger partial charge in [0.1, 0.15) is 10.6 Å². The van der Waals surface area contributed by atoms with Crippen LogP contribution in [0, 0.1) is 6.92 Å². The summed E-state index contributed by atoms with van der Waals surface area (Å²) in [5.41, 5.74) is 7.06. The van der Waals surface area contributed by atoms with Crippen LogP contribution in [0.5, 0.6) is 0 Å². The van der Waals surface area contributed by atoms with Crippen molar-refractivity contribution in [3.05, 3.63) is 76.5 Å². The molecule has 0 N–H and O–H groups in total. The SMILES string of the molecule is CCOC(=O)[C@@H](OC(C)(C)C)c1c(C)cc2nc(-c3ccc4c(c3)c(C3=CCN(C(=O)OC(C)(C)C)CC3)nn4CCN(C)C)sc2c1-c1ccc(Cl)cc1. The fourth-order valence-electron chi connectivity index (χ4n) is 6.76. The van der Waals surface area contributed by atoms with Gasteiger partial charge < -0.3 is 24.0 Å². The number of carbonyl (C=O) groups is 2. The second kappa shape index (κ2) is 16.1. The number of carbonyl (C=O) groups excluding carboxylic acids is 2. The van der Waals surface area contributed by atoms with E-state index in [1.165, 1.54) is 0 Å². The number of aromatic nitrogens is 3. The third-order valence-corrected chi connectivity index (χ3v) is 10.6. The van der Waals surface area contributed by atoms with E-state index in [0.29, 0.717) is 24.5 Å². The second-order valence-corrected chi connectivity index (χ2v) is 17.7. The van der Waals surface area contributed by atoms with E-state index < -0.39 is 23.3 Å². The lowest BCUT2D eigenvalue weighted by molar-refractivity contribution is -0.166. The molecule has 0 saturated heterocycles. The minimum atomic E-state index is -0.956. The fourth-order valence-corrected chi connectivity index (χ4v) is 8.01. The first-order chi connectivity index (χ1) is 25.9. The number of amides is 1. The lowest BCUT2D eigenvalue weighted by atomic mass is 9.91. The monoisotopic (exact) mass is 785 g/mol. The van der Waals surface area contributed by atoms with Gasteiger partial charge in [0, 0.05) is 46.7 Å². The van der Waals surface area contributed by atoms with Crippen LogP contribution < -0.4 is 0 Å². The molecular formula is C43H52ClN5O5S. The molecular weight excluding hydrogens is 734 g/mol. The number of hydrogen-bond donors (Lipinski definition) is 0. The number of ether oxygens (including phenoxy) is 3. The zero-order chi connectivity index (χ0) is 39.8. The van der Waals surface area contributed by atoms with Crippen LogP contribution in [0.2, 0.25) is 5.02 Å². The van der Waals surface area contributed by atoms with Gasteiger partial charge in [0.25, 0.3) is 0 Å². The average molecular weight is 786 g/mol. The summed E-state index contributed by atoms with van der Waals surface area (Å²) in [6.07, 6.45) is 1.49. The molecule has 55 heavy (non-hydrogen) atoms. The number of nitrogens with zero attached hydrogens (tertiary/aromatic N) is 5. The van der Waals surface area contributed by atoms with E-state index in [4.69, 9.17) is 35.9 Å². The van der Waals surface area contributed by atoms with E-state index in [0.717, 1.165) is 78.3 Å². The molecule has 0 aliphatic carbocycles. The first-order valence-electron chi connectivity index (χ1n) is 18.8. The normalized spacial score (nSPS) is 14.5. The van der Waals surface area contributed by atoms with Gasteiger partial charge in [-0.3, -0.25) is 4.68 Å². The highest BCUT2D eigenvalue weighted by Gasteiger charge is 2.34. The van der Waals surface area contributed by atoms with Crippen LogP contribution in [0.4, 0.5) is 4.79 Å². The van der Waals surface area contributed by atoms with E-state index >= 15 is 0 Å². The molecule has 0 fully saturated rings. The first kappa shape index (κ1) is 40.4. The minimum absolute atomic E-state index is 0.236. The van der Waals surface area contributed by atoms with Crippen LogP contribution in [-0.4, -0.2) is 88.2 Å². The Labute approximate surface area is 333 Å². The third-order valence-electron chi connectivity index (χ3n) is 9.22. The molecule has 0 bridgehead atoms. The minimum Gasteiger partial charge on any atom is -0.464 e. The zero-order valence-electron chi connectivity index (χ0n) is 33.6. The summed E-state index contributed by atoms with van der Waals surface area (Å²) < 4.78 is 20.7. The third kappa shape index (κ3) is 9.23. The fraction of sp³-hybridized carbons (Fsp3) is 0.442. The van der Waals surface area contributed by atoms with Gasteiger partial charge >= 0.3 is 12.1 Å². The smallest absolute Gasteiger partial charge is 0.410 e. The summed E-state index contributed by atoms with van der Waals surface area (Å²) in [6.45, 7) is 18.1. The molecule has 1 amide bonds. The predicted molar refractivity (Wildman–Crippen MR) is 223 cm³/mol. The molecule has 5 aromatic rings. The van der Waals surface area contributed by atoms with Crippen LogP contribution in [0.15, 0.2) is 54.6 Å². The van der Waals surface area contributed by atoms with Crippen molar-refractivity contribution >= 4 is 61.7 Å². The first-order valence-corrected chi connectivity index (χ1v) is 20.0. The van der Waals surface area contributed by atoms with Crippen molar-refractivity contribution < 1.29 is 23.8 Å². The van der Waals surface area contributed by atoms with Crippen LogP contribution in [0.3, 0.4) is 0 Å². The predicted octanol–water partition coefficient (Wildman–Crippen LogP) is 9.95. The zero-order valence-corrected chi connectivity index (χ0v) is 35.2. The highest BCUT2D eigenvalue weighted by molar-refractivity contribution is 7.22. The van der Waals surface area contributed by atoms with Gasteiger partial charge in [-0.1, -0.05) is 29.8 Å². The standard InChI is InChI=1S/C43H52ClN5O5S/c1-11-52-40(50)37(53-42(3,4)5)34-26(2)24-32-38(35(34)27-12-15-30(44)16-13-27)55-39(45-32)29-14-17-33-31(25-29)36(46-49(33)23-22-47(9)10)28-18-20-48(21-19-28)41(51)54-43(6,7)8/h12-18,24-25,37H,11,19-23H2,1-10H3/t37-/m0/s1. The molecule has 10 nitrogen and oxygen atoms in total. The van der Waals surface area contributed by atoms with Crippen molar-refractivity contribution in [2.24, 2.45) is 0 Å². The lowest BCUT2D eigenvalue weighted by Gasteiger charge is -2.29. The molecule has 0 spiro atoms. The maximum atomic E-state index is 13.6.